The number of benzene rings is 1. The number of aliphatic hydroxyl groups excluding tert-OH is 1. The zero-order valence-corrected chi connectivity index (χ0v) is 14.8. The number of hydrogen-bond donors (Lipinski definition) is 1. The summed E-state index contributed by atoms with van der Waals surface area (Å²) in [5.74, 6) is -0.608. The molecule has 4 rings (SSSR count). The van der Waals surface area contributed by atoms with Crippen LogP contribution in [0.5, 0.6) is 0 Å². The van der Waals surface area contributed by atoms with Crippen LogP contribution in [0.4, 0.5) is 4.39 Å². The second kappa shape index (κ2) is 6.62. The van der Waals surface area contributed by atoms with Crippen LogP contribution in [0.2, 0.25) is 0 Å². The highest BCUT2D eigenvalue weighted by atomic mass is 19.1. The van der Waals surface area contributed by atoms with Crippen LogP contribution in [-0.2, 0) is 7.05 Å². The van der Waals surface area contributed by atoms with Crippen molar-refractivity contribution in [3.8, 4) is 11.3 Å². The predicted octanol–water partition coefficient (Wildman–Crippen LogP) is 1.44. The van der Waals surface area contributed by atoms with Crippen molar-refractivity contribution in [1.82, 2.24) is 18.9 Å². The topological polar surface area (TPSA) is 79.8 Å². The molecular weight excluding hydrogens is 351 g/mol. The highest BCUT2D eigenvalue weighted by Gasteiger charge is 2.25. The minimum atomic E-state index is -0.374. The Kier molecular flexibility index (Phi) is 4.27. The molecule has 0 bridgehead atoms. The lowest BCUT2D eigenvalue weighted by molar-refractivity contribution is 0.0542. The number of carbonyl (C=O) groups excluding carboxylic acids is 1. The summed E-state index contributed by atoms with van der Waals surface area (Å²) in [6, 6.07) is 5.85. The van der Waals surface area contributed by atoms with E-state index in [2.05, 4.69) is 4.98 Å². The van der Waals surface area contributed by atoms with Gasteiger partial charge in [-0.15, -0.1) is 0 Å². The lowest BCUT2D eigenvalue weighted by atomic mass is 10.1. The van der Waals surface area contributed by atoms with Crippen molar-refractivity contribution in [1.29, 1.82) is 0 Å². The minimum absolute atomic E-state index is 0.156. The standard InChI is InChI=1S/C19H19FN4O3/c1-22-16(12-2-4-13(20)5-3-12)11-24-10-15(21-17(24)19(22)27)18(26)23-8-6-14(25)7-9-23/h2-5,10-11,14,25H,6-9H2,1H3. The summed E-state index contributed by atoms with van der Waals surface area (Å²) in [7, 11) is 1.61. The van der Waals surface area contributed by atoms with Gasteiger partial charge in [0.1, 0.15) is 11.5 Å². The Morgan fingerprint density at radius 1 is 1.19 bits per heavy atom. The maximum Gasteiger partial charge on any atom is 0.294 e. The number of aromatic nitrogens is 3. The van der Waals surface area contributed by atoms with Gasteiger partial charge in [0.2, 0.25) is 5.65 Å². The summed E-state index contributed by atoms with van der Waals surface area (Å²) in [5, 5.41) is 9.59. The largest absolute Gasteiger partial charge is 0.393 e. The van der Waals surface area contributed by atoms with E-state index >= 15 is 0 Å². The molecule has 2 aromatic heterocycles. The van der Waals surface area contributed by atoms with E-state index in [1.54, 1.807) is 30.3 Å². The molecule has 0 saturated carbocycles. The summed E-state index contributed by atoms with van der Waals surface area (Å²) in [6.45, 7) is 0.930. The zero-order valence-electron chi connectivity index (χ0n) is 14.8. The molecule has 1 aromatic carbocycles. The molecule has 3 heterocycles. The number of likely N-dealkylation sites (tertiary alicyclic amines) is 1. The molecule has 1 aliphatic heterocycles. The molecule has 0 unspecified atom stereocenters. The van der Waals surface area contributed by atoms with E-state index in [-0.39, 0.29) is 34.7 Å². The van der Waals surface area contributed by atoms with Gasteiger partial charge in [-0.1, -0.05) is 0 Å². The van der Waals surface area contributed by atoms with Crippen molar-refractivity contribution in [3.05, 3.63) is 58.5 Å². The molecule has 0 radical (unpaired) electrons. The highest BCUT2D eigenvalue weighted by molar-refractivity contribution is 5.93. The molecule has 0 atom stereocenters. The van der Waals surface area contributed by atoms with Crippen LogP contribution in [-0.4, -0.2) is 49.1 Å². The highest BCUT2D eigenvalue weighted by Crippen LogP contribution is 2.19. The zero-order chi connectivity index (χ0) is 19.1. The molecule has 0 spiro atoms. The number of nitrogens with zero attached hydrogens (tertiary/aromatic N) is 4. The first kappa shape index (κ1) is 17.4. The van der Waals surface area contributed by atoms with E-state index < -0.39 is 0 Å². The number of hydrogen-bond acceptors (Lipinski definition) is 4. The first-order chi connectivity index (χ1) is 12.9. The van der Waals surface area contributed by atoms with Gasteiger partial charge in [0, 0.05) is 32.5 Å². The summed E-state index contributed by atoms with van der Waals surface area (Å²) >= 11 is 0. The second-order valence-corrected chi connectivity index (χ2v) is 6.77. The van der Waals surface area contributed by atoms with Crippen LogP contribution in [0.25, 0.3) is 16.9 Å². The van der Waals surface area contributed by atoms with Crippen LogP contribution in [0.1, 0.15) is 23.3 Å². The molecule has 7 nitrogen and oxygen atoms in total. The predicted molar refractivity (Wildman–Crippen MR) is 97.0 cm³/mol. The van der Waals surface area contributed by atoms with Crippen molar-refractivity contribution in [2.75, 3.05) is 13.1 Å². The maximum atomic E-state index is 13.2. The fourth-order valence-electron chi connectivity index (χ4n) is 3.35. The number of rotatable bonds is 2. The van der Waals surface area contributed by atoms with E-state index in [4.69, 9.17) is 0 Å². The van der Waals surface area contributed by atoms with Gasteiger partial charge in [-0.2, -0.15) is 0 Å². The molecule has 1 saturated heterocycles. The number of carbonyl (C=O) groups is 1. The van der Waals surface area contributed by atoms with Gasteiger partial charge in [-0.25, -0.2) is 9.37 Å². The maximum absolute atomic E-state index is 13.2. The number of aliphatic hydroxyl groups is 1. The lowest BCUT2D eigenvalue weighted by Gasteiger charge is -2.28. The molecule has 3 aromatic rings. The van der Waals surface area contributed by atoms with E-state index in [0.717, 1.165) is 0 Å². The molecule has 1 amide bonds. The molecule has 8 heteroatoms. The summed E-state index contributed by atoms with van der Waals surface area (Å²) in [5.41, 5.74) is 1.28. The third-order valence-corrected chi connectivity index (χ3v) is 4.96. The third-order valence-electron chi connectivity index (χ3n) is 4.96. The molecule has 0 aliphatic carbocycles. The molecule has 27 heavy (non-hydrogen) atoms. The van der Waals surface area contributed by atoms with E-state index in [9.17, 15) is 19.1 Å². The Labute approximate surface area is 154 Å². The fraction of sp³-hybridized carbons (Fsp3) is 0.316. The van der Waals surface area contributed by atoms with E-state index in [1.165, 1.54) is 27.3 Å². The molecular formula is C19H19FN4O3. The van der Waals surface area contributed by atoms with Gasteiger partial charge < -0.3 is 14.6 Å². The van der Waals surface area contributed by atoms with Crippen molar-refractivity contribution < 1.29 is 14.3 Å². The average Bonchev–Trinajstić information content (AvgIpc) is 3.10. The van der Waals surface area contributed by atoms with Crippen LogP contribution in [0.3, 0.4) is 0 Å². The van der Waals surface area contributed by atoms with Gasteiger partial charge in [-0.3, -0.25) is 14.0 Å². The van der Waals surface area contributed by atoms with Gasteiger partial charge in [0.25, 0.3) is 11.5 Å². The number of halogens is 1. The summed E-state index contributed by atoms with van der Waals surface area (Å²) in [4.78, 5) is 31.2. The number of fused-ring (bicyclic) bond motifs is 1. The quantitative estimate of drug-likeness (QED) is 0.740. The van der Waals surface area contributed by atoms with Crippen LogP contribution in [0.15, 0.2) is 41.5 Å². The van der Waals surface area contributed by atoms with Crippen molar-refractivity contribution >= 4 is 11.6 Å². The first-order valence-electron chi connectivity index (χ1n) is 8.76. The van der Waals surface area contributed by atoms with E-state index in [0.29, 0.717) is 37.2 Å². The summed E-state index contributed by atoms with van der Waals surface area (Å²) < 4.78 is 16.2. The first-order valence-corrected chi connectivity index (χ1v) is 8.76. The van der Waals surface area contributed by atoms with Gasteiger partial charge in [0.15, 0.2) is 0 Å². The minimum Gasteiger partial charge on any atom is -0.393 e. The SMILES string of the molecule is Cn1c(-c2ccc(F)cc2)cn2cc(C(=O)N3CCC(O)CC3)nc2c1=O. The van der Waals surface area contributed by atoms with Gasteiger partial charge in [0.05, 0.1) is 11.8 Å². The Hall–Kier alpha value is -3.00. The Balaban J connectivity index is 1.74. The lowest BCUT2D eigenvalue weighted by Crippen LogP contribution is -2.40. The van der Waals surface area contributed by atoms with E-state index in [1.807, 2.05) is 0 Å². The smallest absolute Gasteiger partial charge is 0.294 e. The molecule has 1 N–H and O–H groups in total. The normalized spacial score (nSPS) is 15.4. The van der Waals surface area contributed by atoms with Gasteiger partial charge in [-0.05, 0) is 42.7 Å². The van der Waals surface area contributed by atoms with Crippen LogP contribution < -0.4 is 5.56 Å². The Bertz CT molecular complexity index is 1060. The Morgan fingerprint density at radius 3 is 2.52 bits per heavy atom. The monoisotopic (exact) mass is 370 g/mol. The number of amides is 1. The molecule has 140 valence electrons. The number of piperidine rings is 1. The summed E-state index contributed by atoms with van der Waals surface area (Å²) in [6.07, 6.45) is 3.94. The average molecular weight is 370 g/mol. The van der Waals surface area contributed by atoms with Crippen molar-refractivity contribution in [3.63, 3.8) is 0 Å². The fourth-order valence-corrected chi connectivity index (χ4v) is 3.35. The Morgan fingerprint density at radius 2 is 1.85 bits per heavy atom. The third kappa shape index (κ3) is 3.12. The van der Waals surface area contributed by atoms with Crippen molar-refractivity contribution in [2.24, 2.45) is 7.05 Å². The number of imidazole rings is 1. The molecule has 1 aliphatic rings. The van der Waals surface area contributed by atoms with Crippen LogP contribution >= 0.6 is 0 Å². The van der Waals surface area contributed by atoms with Crippen LogP contribution in [0, 0.1) is 5.82 Å². The van der Waals surface area contributed by atoms with Crippen molar-refractivity contribution in [2.45, 2.75) is 18.9 Å². The molecule has 1 fully saturated rings. The second-order valence-electron chi connectivity index (χ2n) is 6.77. The van der Waals surface area contributed by atoms with Gasteiger partial charge >= 0.3 is 0 Å².